The number of nitrogens with zero attached hydrogens (tertiary/aromatic N) is 1. The number of fused-ring (bicyclic) bond motifs is 1. The molecule has 0 fully saturated rings. The molecule has 0 amide bonds. The van der Waals surface area contributed by atoms with E-state index in [1.54, 1.807) is 0 Å². The summed E-state index contributed by atoms with van der Waals surface area (Å²) in [7, 11) is 0. The van der Waals surface area contributed by atoms with Crippen molar-refractivity contribution < 1.29 is 41.4 Å². The van der Waals surface area contributed by atoms with Crippen molar-refractivity contribution >= 4 is 17.1 Å². The van der Waals surface area contributed by atoms with Gasteiger partial charge in [-0.1, -0.05) is 0 Å². The van der Waals surface area contributed by atoms with E-state index in [0.29, 0.717) is 0 Å². The highest BCUT2D eigenvalue weighted by Gasteiger charge is 2.38. The summed E-state index contributed by atoms with van der Waals surface area (Å²) in [4.78, 5) is 14.6. The number of oxazole rings is 1. The van der Waals surface area contributed by atoms with E-state index in [-0.39, 0.29) is 22.7 Å². The molecule has 0 radical (unpaired) electrons. The molecule has 3 rings (SSSR count). The number of halogens is 5. The van der Waals surface area contributed by atoms with Gasteiger partial charge in [-0.3, -0.25) is 0 Å². The normalized spacial score (nSPS) is 11.9. The Morgan fingerprint density at radius 3 is 2.40 bits per heavy atom. The van der Waals surface area contributed by atoms with Crippen molar-refractivity contribution in [3.63, 3.8) is 0 Å². The second-order valence-electron chi connectivity index (χ2n) is 4.95. The lowest BCUT2D eigenvalue weighted by molar-refractivity contribution is -0.140. The Hall–Kier alpha value is -3.17. The van der Waals surface area contributed by atoms with Crippen LogP contribution in [0.2, 0.25) is 0 Å². The van der Waals surface area contributed by atoms with Gasteiger partial charge in [0.25, 0.3) is 0 Å². The number of alkyl halides is 3. The number of phenolic OH excluding ortho intramolecular Hbond substituents is 1. The molecule has 0 saturated heterocycles. The van der Waals surface area contributed by atoms with Crippen molar-refractivity contribution in [1.82, 2.24) is 4.98 Å². The number of carboxylic acid groups (broad SMARTS) is 1. The fourth-order valence-corrected chi connectivity index (χ4v) is 2.16. The summed E-state index contributed by atoms with van der Waals surface area (Å²) in [6.45, 7) is 0. The molecule has 0 aliphatic carbocycles. The van der Waals surface area contributed by atoms with Gasteiger partial charge < -0.3 is 14.6 Å². The maximum atomic E-state index is 14.0. The number of phenols is 1. The number of hydrogen-bond donors (Lipinski definition) is 2. The zero-order valence-corrected chi connectivity index (χ0v) is 11.9. The highest BCUT2D eigenvalue weighted by Crippen LogP contribution is 2.40. The minimum atomic E-state index is -5.19. The number of rotatable bonds is 2. The van der Waals surface area contributed by atoms with Crippen molar-refractivity contribution in [2.75, 3.05) is 0 Å². The number of carbonyl (C=O) groups is 1. The van der Waals surface area contributed by atoms with Crippen LogP contribution in [0.3, 0.4) is 0 Å². The topological polar surface area (TPSA) is 83.6 Å². The molecular weight excluding hydrogens is 353 g/mol. The Bertz CT molecular complexity index is 1010. The summed E-state index contributed by atoms with van der Waals surface area (Å²) in [6.07, 6.45) is -5.19. The van der Waals surface area contributed by atoms with Gasteiger partial charge in [0.2, 0.25) is 5.89 Å². The fraction of sp³-hybridized carbons (Fsp3) is 0.0667. The van der Waals surface area contributed by atoms with Crippen LogP contribution >= 0.6 is 0 Å². The maximum absolute atomic E-state index is 14.0. The number of hydrogen-bond acceptors (Lipinski definition) is 4. The molecule has 2 aromatic carbocycles. The third-order valence-electron chi connectivity index (χ3n) is 3.35. The largest absolute Gasteiger partial charge is 0.503 e. The molecule has 0 atom stereocenters. The summed E-state index contributed by atoms with van der Waals surface area (Å²) in [5.74, 6) is -7.61. The SMILES string of the molecule is O=C(O)c1ccc2oc(-c3cc(C(F)(F)F)c(F)c(O)c3F)nc2c1. The second-order valence-corrected chi connectivity index (χ2v) is 4.95. The van der Waals surface area contributed by atoms with E-state index in [2.05, 4.69) is 4.98 Å². The van der Waals surface area contributed by atoms with Gasteiger partial charge in [0.05, 0.1) is 16.7 Å². The molecule has 0 aliphatic rings. The highest BCUT2D eigenvalue weighted by atomic mass is 19.4. The van der Waals surface area contributed by atoms with Crippen LogP contribution < -0.4 is 0 Å². The first kappa shape index (κ1) is 16.7. The molecular formula is C15H6F5NO4. The first-order valence-electron chi connectivity index (χ1n) is 6.52. The predicted octanol–water partition coefficient (Wildman–Crippen LogP) is 4.20. The molecule has 3 aromatic rings. The molecule has 0 saturated carbocycles. The summed E-state index contributed by atoms with van der Waals surface area (Å²) < 4.78 is 71.0. The molecule has 1 heterocycles. The van der Waals surface area contributed by atoms with Crippen LogP contribution in [-0.4, -0.2) is 21.2 Å². The Kier molecular flexibility index (Phi) is 3.62. The van der Waals surface area contributed by atoms with Crippen LogP contribution in [-0.2, 0) is 6.18 Å². The van der Waals surface area contributed by atoms with E-state index in [0.717, 1.165) is 12.1 Å². The molecule has 1 aromatic heterocycles. The minimum absolute atomic E-state index is 0.0308. The smallest absolute Gasteiger partial charge is 0.419 e. The molecule has 25 heavy (non-hydrogen) atoms. The average Bonchev–Trinajstić information content (AvgIpc) is 2.94. The van der Waals surface area contributed by atoms with Crippen molar-refractivity contribution in [2.45, 2.75) is 6.18 Å². The summed E-state index contributed by atoms with van der Waals surface area (Å²) in [5.41, 5.74) is -3.08. The van der Waals surface area contributed by atoms with Crippen molar-refractivity contribution in [2.24, 2.45) is 0 Å². The second kappa shape index (κ2) is 5.43. The molecule has 10 heteroatoms. The van der Waals surface area contributed by atoms with E-state index in [9.17, 15) is 31.9 Å². The van der Waals surface area contributed by atoms with Crippen molar-refractivity contribution in [3.8, 4) is 17.2 Å². The zero-order chi connectivity index (χ0) is 18.5. The van der Waals surface area contributed by atoms with Gasteiger partial charge in [-0.2, -0.15) is 13.2 Å². The van der Waals surface area contributed by atoms with Crippen LogP contribution in [0.25, 0.3) is 22.6 Å². The van der Waals surface area contributed by atoms with Crippen LogP contribution in [0, 0.1) is 11.6 Å². The van der Waals surface area contributed by atoms with Crippen LogP contribution in [0.5, 0.6) is 5.75 Å². The van der Waals surface area contributed by atoms with Gasteiger partial charge in [0, 0.05) is 0 Å². The Morgan fingerprint density at radius 1 is 1.12 bits per heavy atom. The molecule has 0 bridgehead atoms. The summed E-state index contributed by atoms with van der Waals surface area (Å²) in [5, 5.41) is 18.2. The van der Waals surface area contributed by atoms with Crippen LogP contribution in [0.4, 0.5) is 22.0 Å². The highest BCUT2D eigenvalue weighted by molar-refractivity contribution is 5.92. The third-order valence-corrected chi connectivity index (χ3v) is 3.35. The van der Waals surface area contributed by atoms with E-state index >= 15 is 0 Å². The molecule has 130 valence electrons. The van der Waals surface area contributed by atoms with Gasteiger partial charge in [-0.25, -0.2) is 18.6 Å². The third kappa shape index (κ3) is 2.75. The van der Waals surface area contributed by atoms with Crippen LogP contribution in [0.1, 0.15) is 15.9 Å². The number of aromatic hydroxyl groups is 1. The minimum Gasteiger partial charge on any atom is -0.503 e. The van der Waals surface area contributed by atoms with Gasteiger partial charge in [0.15, 0.2) is 23.0 Å². The quantitative estimate of drug-likeness (QED) is 0.670. The van der Waals surface area contributed by atoms with E-state index in [4.69, 9.17) is 9.52 Å². The van der Waals surface area contributed by atoms with Crippen molar-refractivity contribution in [3.05, 3.63) is 47.0 Å². The molecule has 0 unspecified atom stereocenters. The number of benzene rings is 2. The predicted molar refractivity (Wildman–Crippen MR) is 73.0 cm³/mol. The van der Waals surface area contributed by atoms with E-state index < -0.39 is 46.5 Å². The van der Waals surface area contributed by atoms with Gasteiger partial charge in [-0.15, -0.1) is 0 Å². The summed E-state index contributed by atoms with van der Waals surface area (Å²) >= 11 is 0. The zero-order valence-electron chi connectivity index (χ0n) is 11.9. The molecule has 5 nitrogen and oxygen atoms in total. The first-order chi connectivity index (χ1) is 11.6. The average molecular weight is 359 g/mol. The lowest BCUT2D eigenvalue weighted by Crippen LogP contribution is -2.09. The maximum Gasteiger partial charge on any atom is 0.419 e. The number of aromatic carboxylic acids is 1. The molecule has 2 N–H and O–H groups in total. The van der Waals surface area contributed by atoms with Gasteiger partial charge in [0.1, 0.15) is 5.52 Å². The summed E-state index contributed by atoms with van der Waals surface area (Å²) in [6, 6.07) is 3.52. The standard InChI is InChI=1S/C15H6F5NO4/c16-10-6(4-7(15(18,19)20)11(17)12(10)22)13-21-8-3-5(14(23)24)1-2-9(8)25-13/h1-4,22H,(H,23,24). The number of carboxylic acids is 1. The fourth-order valence-electron chi connectivity index (χ4n) is 2.16. The lowest BCUT2D eigenvalue weighted by Gasteiger charge is -2.11. The monoisotopic (exact) mass is 359 g/mol. The Morgan fingerprint density at radius 2 is 1.80 bits per heavy atom. The van der Waals surface area contributed by atoms with Crippen LogP contribution in [0.15, 0.2) is 28.7 Å². The Balaban J connectivity index is 2.24. The molecule has 0 spiro atoms. The van der Waals surface area contributed by atoms with Gasteiger partial charge in [-0.05, 0) is 24.3 Å². The van der Waals surface area contributed by atoms with Crippen molar-refractivity contribution in [1.29, 1.82) is 0 Å². The van der Waals surface area contributed by atoms with E-state index in [1.165, 1.54) is 6.07 Å². The Labute approximate surface area is 134 Å². The first-order valence-corrected chi connectivity index (χ1v) is 6.52. The van der Waals surface area contributed by atoms with E-state index in [1.807, 2.05) is 0 Å². The number of aromatic nitrogens is 1. The van der Waals surface area contributed by atoms with Gasteiger partial charge >= 0.3 is 12.1 Å². The lowest BCUT2D eigenvalue weighted by atomic mass is 10.1. The molecule has 0 aliphatic heterocycles.